The smallest absolute Gasteiger partial charge is 0.279 e. The average molecular weight is 337 g/mol. The molecule has 0 bridgehead atoms. The fourth-order valence-electron chi connectivity index (χ4n) is 3.30. The molecule has 2 rings (SSSR count). The van der Waals surface area contributed by atoms with Crippen LogP contribution in [0.1, 0.15) is 44.9 Å². The van der Waals surface area contributed by atoms with E-state index >= 15 is 0 Å². The Morgan fingerprint density at radius 2 is 1.86 bits per heavy atom. The highest BCUT2D eigenvalue weighted by Gasteiger charge is 2.34. The lowest BCUT2D eigenvalue weighted by Crippen LogP contribution is -2.49. The number of aliphatic hydroxyl groups excluding tert-OH is 1. The molecule has 5 nitrogen and oxygen atoms in total. The van der Waals surface area contributed by atoms with Gasteiger partial charge in [-0.05, 0) is 37.9 Å². The van der Waals surface area contributed by atoms with Gasteiger partial charge in [0.1, 0.15) is 0 Å². The minimum absolute atomic E-state index is 0.0781. The molecule has 0 aromatic heterocycles. The highest BCUT2D eigenvalue weighted by Crippen LogP contribution is 2.38. The van der Waals surface area contributed by atoms with Gasteiger partial charge in [0.05, 0.1) is 0 Å². The fourth-order valence-corrected chi connectivity index (χ4v) is 5.63. The Balaban J connectivity index is 1.89. The van der Waals surface area contributed by atoms with E-state index in [0.29, 0.717) is 19.6 Å². The van der Waals surface area contributed by atoms with Crippen molar-refractivity contribution in [2.75, 3.05) is 32.5 Å². The standard InChI is InChI=1S/C14H28N2O3S2/c1-20-14(7-3-2-4-8-14)12-15-21(18,19)16-9-5-13(11-17)6-10-16/h13,15,17H,2-12H2,1H3. The van der Waals surface area contributed by atoms with Crippen molar-refractivity contribution in [3.63, 3.8) is 0 Å². The molecule has 1 aliphatic heterocycles. The molecule has 1 heterocycles. The molecule has 124 valence electrons. The monoisotopic (exact) mass is 336 g/mol. The quantitative estimate of drug-likeness (QED) is 0.773. The molecule has 21 heavy (non-hydrogen) atoms. The first-order valence-electron chi connectivity index (χ1n) is 7.92. The predicted octanol–water partition coefficient (Wildman–Crippen LogP) is 1.59. The van der Waals surface area contributed by atoms with Gasteiger partial charge < -0.3 is 5.11 Å². The molecule has 2 N–H and O–H groups in total. The lowest BCUT2D eigenvalue weighted by atomic mass is 9.88. The van der Waals surface area contributed by atoms with E-state index in [2.05, 4.69) is 11.0 Å². The van der Waals surface area contributed by atoms with E-state index in [-0.39, 0.29) is 17.3 Å². The Bertz CT molecular complexity index is 414. The first-order chi connectivity index (χ1) is 10.0. The highest BCUT2D eigenvalue weighted by molar-refractivity contribution is 8.00. The summed E-state index contributed by atoms with van der Waals surface area (Å²) in [7, 11) is -3.37. The van der Waals surface area contributed by atoms with Crippen molar-refractivity contribution in [3.05, 3.63) is 0 Å². The summed E-state index contributed by atoms with van der Waals surface area (Å²) in [5, 5.41) is 9.13. The second kappa shape index (κ2) is 7.64. The molecule has 0 aromatic carbocycles. The van der Waals surface area contributed by atoms with Crippen LogP contribution in [-0.2, 0) is 10.2 Å². The van der Waals surface area contributed by atoms with E-state index in [0.717, 1.165) is 25.7 Å². The SMILES string of the molecule is CSC1(CNS(=O)(=O)N2CCC(CO)CC2)CCCCC1. The van der Waals surface area contributed by atoms with Crippen molar-refractivity contribution in [3.8, 4) is 0 Å². The molecular formula is C14H28N2O3S2. The Hall–Kier alpha value is 0.180. The molecule has 1 aliphatic carbocycles. The Labute approximate surface area is 133 Å². The Morgan fingerprint density at radius 1 is 1.24 bits per heavy atom. The van der Waals surface area contributed by atoms with Crippen LogP contribution in [0.15, 0.2) is 0 Å². The van der Waals surface area contributed by atoms with Crippen molar-refractivity contribution in [1.82, 2.24) is 9.03 Å². The fraction of sp³-hybridized carbons (Fsp3) is 1.00. The molecule has 0 radical (unpaired) electrons. The third-order valence-electron chi connectivity index (χ3n) is 4.95. The van der Waals surface area contributed by atoms with Gasteiger partial charge in [0.25, 0.3) is 10.2 Å². The van der Waals surface area contributed by atoms with Gasteiger partial charge in [0, 0.05) is 31.0 Å². The third-order valence-corrected chi connectivity index (χ3v) is 7.92. The van der Waals surface area contributed by atoms with Crippen molar-refractivity contribution in [2.24, 2.45) is 5.92 Å². The highest BCUT2D eigenvalue weighted by atomic mass is 32.2. The van der Waals surface area contributed by atoms with Crippen molar-refractivity contribution in [1.29, 1.82) is 0 Å². The van der Waals surface area contributed by atoms with Crippen LogP contribution in [0.5, 0.6) is 0 Å². The van der Waals surface area contributed by atoms with Crippen LogP contribution >= 0.6 is 11.8 Å². The molecule has 2 aliphatic rings. The molecule has 1 saturated heterocycles. The van der Waals surface area contributed by atoms with Crippen LogP contribution in [0.4, 0.5) is 0 Å². The van der Waals surface area contributed by atoms with E-state index in [9.17, 15) is 8.42 Å². The van der Waals surface area contributed by atoms with Crippen LogP contribution in [-0.4, -0.2) is 55.1 Å². The van der Waals surface area contributed by atoms with E-state index in [1.165, 1.54) is 23.6 Å². The molecule has 7 heteroatoms. The lowest BCUT2D eigenvalue weighted by molar-refractivity contribution is 0.169. The van der Waals surface area contributed by atoms with E-state index < -0.39 is 10.2 Å². The largest absolute Gasteiger partial charge is 0.396 e. The number of nitrogens with one attached hydrogen (secondary N) is 1. The summed E-state index contributed by atoms with van der Waals surface area (Å²) in [5.74, 6) is 0.257. The number of rotatable bonds is 6. The molecule has 1 saturated carbocycles. The van der Waals surface area contributed by atoms with Gasteiger partial charge in [0.2, 0.25) is 0 Å². The molecule has 0 unspecified atom stereocenters. The molecule has 2 fully saturated rings. The van der Waals surface area contributed by atoms with E-state index in [1.54, 1.807) is 11.8 Å². The Morgan fingerprint density at radius 3 is 2.38 bits per heavy atom. The first kappa shape index (κ1) is 17.5. The van der Waals surface area contributed by atoms with Crippen molar-refractivity contribution < 1.29 is 13.5 Å². The summed E-state index contributed by atoms with van der Waals surface area (Å²) in [6, 6.07) is 0. The summed E-state index contributed by atoms with van der Waals surface area (Å²) >= 11 is 1.81. The zero-order chi connectivity index (χ0) is 15.3. The van der Waals surface area contributed by atoms with Gasteiger partial charge in [-0.2, -0.15) is 24.5 Å². The van der Waals surface area contributed by atoms with Crippen LogP contribution in [0.2, 0.25) is 0 Å². The summed E-state index contributed by atoms with van der Waals surface area (Å²) in [5.41, 5.74) is 0. The average Bonchev–Trinajstić information content (AvgIpc) is 2.54. The van der Waals surface area contributed by atoms with Crippen LogP contribution in [0, 0.1) is 5.92 Å². The first-order valence-corrected chi connectivity index (χ1v) is 10.6. The predicted molar refractivity (Wildman–Crippen MR) is 87.6 cm³/mol. The molecule has 0 atom stereocenters. The van der Waals surface area contributed by atoms with Crippen LogP contribution < -0.4 is 4.72 Å². The number of hydrogen-bond acceptors (Lipinski definition) is 4. The molecule has 0 aromatic rings. The maximum Gasteiger partial charge on any atom is 0.279 e. The normalized spacial score (nSPS) is 25.0. The lowest BCUT2D eigenvalue weighted by Gasteiger charge is -2.37. The van der Waals surface area contributed by atoms with Crippen LogP contribution in [0.25, 0.3) is 0 Å². The summed E-state index contributed by atoms with van der Waals surface area (Å²) in [4.78, 5) is 0. The van der Waals surface area contributed by atoms with E-state index in [4.69, 9.17) is 5.11 Å². The zero-order valence-electron chi connectivity index (χ0n) is 12.9. The Kier molecular flexibility index (Phi) is 6.38. The number of hydrogen-bond donors (Lipinski definition) is 2. The second-order valence-corrected chi connectivity index (χ2v) is 9.33. The summed E-state index contributed by atoms with van der Waals surface area (Å²) < 4.78 is 29.3. The maximum absolute atomic E-state index is 12.4. The minimum atomic E-state index is -3.37. The number of aliphatic hydroxyl groups is 1. The number of nitrogens with zero attached hydrogens (tertiary/aromatic N) is 1. The summed E-state index contributed by atoms with van der Waals surface area (Å²) in [6.07, 6.45) is 9.47. The summed E-state index contributed by atoms with van der Waals surface area (Å²) in [6.45, 7) is 1.74. The van der Waals surface area contributed by atoms with Gasteiger partial charge in [-0.1, -0.05) is 19.3 Å². The van der Waals surface area contributed by atoms with Gasteiger partial charge in [0.15, 0.2) is 0 Å². The van der Waals surface area contributed by atoms with E-state index in [1.807, 2.05) is 0 Å². The van der Waals surface area contributed by atoms with Gasteiger partial charge in [-0.15, -0.1) is 0 Å². The molecule has 0 spiro atoms. The van der Waals surface area contributed by atoms with Gasteiger partial charge >= 0.3 is 0 Å². The van der Waals surface area contributed by atoms with Gasteiger partial charge in [-0.3, -0.25) is 0 Å². The van der Waals surface area contributed by atoms with Gasteiger partial charge in [-0.25, -0.2) is 4.72 Å². The number of thioether (sulfide) groups is 1. The second-order valence-electron chi connectivity index (χ2n) is 6.30. The van der Waals surface area contributed by atoms with Crippen LogP contribution in [0.3, 0.4) is 0 Å². The number of piperidine rings is 1. The third kappa shape index (κ3) is 4.58. The zero-order valence-corrected chi connectivity index (χ0v) is 14.5. The molecular weight excluding hydrogens is 308 g/mol. The molecule has 0 amide bonds. The minimum Gasteiger partial charge on any atom is -0.396 e. The maximum atomic E-state index is 12.4. The topological polar surface area (TPSA) is 69.6 Å². The van der Waals surface area contributed by atoms with Crippen molar-refractivity contribution >= 4 is 22.0 Å². The van der Waals surface area contributed by atoms with Crippen molar-refractivity contribution in [2.45, 2.75) is 49.7 Å².